The molecule has 0 amide bonds. The largest absolute Gasteiger partial charge is 0.383 e. The number of methoxy groups -OCH3 is 1. The van der Waals surface area contributed by atoms with Gasteiger partial charge in [0.05, 0.1) is 6.61 Å². The van der Waals surface area contributed by atoms with E-state index in [0.717, 1.165) is 32.5 Å². The van der Waals surface area contributed by atoms with E-state index in [1.807, 2.05) is 0 Å². The molecule has 2 N–H and O–H groups in total. The molecule has 1 aromatic rings. The number of rotatable bonds is 9. The first kappa shape index (κ1) is 17.2. The van der Waals surface area contributed by atoms with Gasteiger partial charge in [-0.05, 0) is 25.3 Å². The van der Waals surface area contributed by atoms with E-state index in [9.17, 15) is 0 Å². The van der Waals surface area contributed by atoms with E-state index < -0.39 is 0 Å². The molecular weight excluding hydrogens is 248 g/mol. The van der Waals surface area contributed by atoms with Crippen molar-refractivity contribution in [3.8, 4) is 0 Å². The molecule has 0 fully saturated rings. The Morgan fingerprint density at radius 3 is 2.25 bits per heavy atom. The normalized spacial score (nSPS) is 13.2. The lowest BCUT2D eigenvalue weighted by molar-refractivity contribution is 0.110. The van der Waals surface area contributed by atoms with Gasteiger partial charge >= 0.3 is 0 Å². The van der Waals surface area contributed by atoms with Crippen LogP contribution >= 0.6 is 0 Å². The molecule has 0 saturated carbocycles. The van der Waals surface area contributed by atoms with Gasteiger partial charge in [0.15, 0.2) is 0 Å². The van der Waals surface area contributed by atoms with Crippen molar-refractivity contribution in [3.05, 3.63) is 35.4 Å². The van der Waals surface area contributed by atoms with Crippen molar-refractivity contribution in [2.24, 2.45) is 5.73 Å². The molecule has 1 unspecified atom stereocenters. The first-order valence-corrected chi connectivity index (χ1v) is 7.67. The highest BCUT2D eigenvalue weighted by atomic mass is 16.5. The Morgan fingerprint density at radius 2 is 1.75 bits per heavy atom. The molecule has 0 bridgehead atoms. The van der Waals surface area contributed by atoms with Crippen LogP contribution in [-0.2, 0) is 4.74 Å². The van der Waals surface area contributed by atoms with Crippen LogP contribution in [0.3, 0.4) is 0 Å². The van der Waals surface area contributed by atoms with Gasteiger partial charge in [-0.1, -0.05) is 43.7 Å². The Balaban J connectivity index is 2.69. The van der Waals surface area contributed by atoms with Crippen molar-refractivity contribution in [2.45, 2.75) is 45.7 Å². The molecule has 0 aromatic heterocycles. The van der Waals surface area contributed by atoms with Gasteiger partial charge in [-0.2, -0.15) is 0 Å². The molecule has 0 spiro atoms. The molecular formula is C17H30N2O. The SMILES string of the molecule is CCC(CC)N(CCOC)CC(N)c1ccc(C)cc1. The van der Waals surface area contributed by atoms with Crippen LogP contribution in [0.25, 0.3) is 0 Å². The van der Waals surface area contributed by atoms with Crippen LogP contribution in [0.4, 0.5) is 0 Å². The summed E-state index contributed by atoms with van der Waals surface area (Å²) in [5.41, 5.74) is 8.87. The van der Waals surface area contributed by atoms with Crippen LogP contribution in [0.5, 0.6) is 0 Å². The number of hydrogen-bond donors (Lipinski definition) is 1. The highest BCUT2D eigenvalue weighted by Crippen LogP contribution is 2.16. The van der Waals surface area contributed by atoms with E-state index in [0.29, 0.717) is 6.04 Å². The highest BCUT2D eigenvalue weighted by Gasteiger charge is 2.18. The van der Waals surface area contributed by atoms with E-state index in [-0.39, 0.29) is 6.04 Å². The molecule has 114 valence electrons. The van der Waals surface area contributed by atoms with Crippen LogP contribution in [0.15, 0.2) is 24.3 Å². The monoisotopic (exact) mass is 278 g/mol. The smallest absolute Gasteiger partial charge is 0.0589 e. The van der Waals surface area contributed by atoms with Gasteiger partial charge in [-0.25, -0.2) is 0 Å². The van der Waals surface area contributed by atoms with Gasteiger partial charge in [0, 0.05) is 32.3 Å². The van der Waals surface area contributed by atoms with Crippen LogP contribution in [0, 0.1) is 6.92 Å². The molecule has 0 aliphatic rings. The molecule has 0 radical (unpaired) electrons. The average molecular weight is 278 g/mol. The number of nitrogens with zero attached hydrogens (tertiary/aromatic N) is 1. The summed E-state index contributed by atoms with van der Waals surface area (Å²) in [7, 11) is 1.75. The van der Waals surface area contributed by atoms with Crippen molar-refractivity contribution in [3.63, 3.8) is 0 Å². The maximum absolute atomic E-state index is 6.38. The van der Waals surface area contributed by atoms with E-state index in [4.69, 9.17) is 10.5 Å². The predicted octanol–water partition coefficient (Wildman–Crippen LogP) is 3.13. The molecule has 1 rings (SSSR count). The van der Waals surface area contributed by atoms with E-state index >= 15 is 0 Å². The lowest BCUT2D eigenvalue weighted by atomic mass is 10.0. The quantitative estimate of drug-likeness (QED) is 0.754. The summed E-state index contributed by atoms with van der Waals surface area (Å²) in [5, 5.41) is 0. The number of nitrogens with two attached hydrogens (primary N) is 1. The van der Waals surface area contributed by atoms with Crippen molar-refractivity contribution in [2.75, 3.05) is 26.8 Å². The molecule has 0 aliphatic carbocycles. The summed E-state index contributed by atoms with van der Waals surface area (Å²) in [6.45, 7) is 9.18. The third-order valence-electron chi connectivity index (χ3n) is 3.98. The highest BCUT2D eigenvalue weighted by molar-refractivity contribution is 5.24. The van der Waals surface area contributed by atoms with Crippen molar-refractivity contribution >= 4 is 0 Å². The van der Waals surface area contributed by atoms with Crippen molar-refractivity contribution in [1.82, 2.24) is 4.90 Å². The second-order valence-corrected chi connectivity index (χ2v) is 5.48. The van der Waals surface area contributed by atoms with Crippen LogP contribution in [0.2, 0.25) is 0 Å². The van der Waals surface area contributed by atoms with Crippen LogP contribution in [-0.4, -0.2) is 37.7 Å². The maximum atomic E-state index is 6.38. The maximum Gasteiger partial charge on any atom is 0.0589 e. The summed E-state index contributed by atoms with van der Waals surface area (Å²) in [5.74, 6) is 0. The van der Waals surface area contributed by atoms with Crippen molar-refractivity contribution < 1.29 is 4.74 Å². The second-order valence-electron chi connectivity index (χ2n) is 5.48. The fourth-order valence-electron chi connectivity index (χ4n) is 2.61. The van der Waals surface area contributed by atoms with Gasteiger partial charge in [-0.15, -0.1) is 0 Å². The lowest BCUT2D eigenvalue weighted by Crippen LogP contribution is -2.41. The molecule has 0 saturated heterocycles. The lowest BCUT2D eigenvalue weighted by Gasteiger charge is -2.32. The van der Waals surface area contributed by atoms with Crippen LogP contribution < -0.4 is 5.73 Å². The molecule has 3 nitrogen and oxygen atoms in total. The number of ether oxygens (including phenoxy) is 1. The van der Waals surface area contributed by atoms with Gasteiger partial charge in [0.25, 0.3) is 0 Å². The Hall–Kier alpha value is -0.900. The Morgan fingerprint density at radius 1 is 1.15 bits per heavy atom. The number of aryl methyl sites for hydroxylation is 1. The third-order valence-corrected chi connectivity index (χ3v) is 3.98. The second kappa shape index (κ2) is 9.11. The fourth-order valence-corrected chi connectivity index (χ4v) is 2.61. The minimum absolute atomic E-state index is 0.0630. The summed E-state index contributed by atoms with van der Waals surface area (Å²) >= 11 is 0. The molecule has 0 aliphatic heterocycles. The van der Waals surface area contributed by atoms with Gasteiger partial charge in [0.1, 0.15) is 0 Å². The summed E-state index contributed by atoms with van der Waals surface area (Å²) in [4.78, 5) is 2.47. The fraction of sp³-hybridized carbons (Fsp3) is 0.647. The molecule has 1 atom stereocenters. The molecule has 0 heterocycles. The van der Waals surface area contributed by atoms with Crippen LogP contribution in [0.1, 0.15) is 43.9 Å². The van der Waals surface area contributed by atoms with E-state index in [1.165, 1.54) is 11.1 Å². The number of benzene rings is 1. The molecule has 3 heteroatoms. The molecule has 1 aromatic carbocycles. The number of hydrogen-bond acceptors (Lipinski definition) is 3. The first-order valence-electron chi connectivity index (χ1n) is 7.67. The minimum Gasteiger partial charge on any atom is -0.383 e. The van der Waals surface area contributed by atoms with Gasteiger partial charge < -0.3 is 10.5 Å². The topological polar surface area (TPSA) is 38.5 Å². The van der Waals surface area contributed by atoms with Gasteiger partial charge in [0.2, 0.25) is 0 Å². The zero-order valence-electron chi connectivity index (χ0n) is 13.4. The summed E-state index contributed by atoms with van der Waals surface area (Å²) in [6.07, 6.45) is 2.31. The Bertz CT molecular complexity index is 360. The van der Waals surface area contributed by atoms with E-state index in [1.54, 1.807) is 7.11 Å². The van der Waals surface area contributed by atoms with Gasteiger partial charge in [-0.3, -0.25) is 4.90 Å². The zero-order chi connectivity index (χ0) is 15.0. The Labute approximate surface area is 124 Å². The standard InChI is InChI=1S/C17H30N2O/c1-5-16(6-2)19(11-12-20-4)13-17(18)15-9-7-14(3)8-10-15/h7-10,16-17H,5-6,11-13,18H2,1-4H3. The average Bonchev–Trinajstić information content (AvgIpc) is 2.46. The summed E-state index contributed by atoms with van der Waals surface area (Å²) < 4.78 is 5.23. The zero-order valence-corrected chi connectivity index (χ0v) is 13.4. The predicted molar refractivity (Wildman–Crippen MR) is 85.9 cm³/mol. The Kier molecular flexibility index (Phi) is 7.82. The third kappa shape index (κ3) is 5.23. The summed E-state index contributed by atoms with van der Waals surface area (Å²) in [6, 6.07) is 9.19. The van der Waals surface area contributed by atoms with E-state index in [2.05, 4.69) is 49.9 Å². The molecule has 20 heavy (non-hydrogen) atoms. The minimum atomic E-state index is 0.0630. The van der Waals surface area contributed by atoms with Crippen molar-refractivity contribution in [1.29, 1.82) is 0 Å². The first-order chi connectivity index (χ1) is 9.62.